The number of hydrogen-bond donors (Lipinski definition) is 4. The number of phenolic OH excluding ortho intramolecular Hbond substituents is 1. The standard InChI is InChI=1S/C11H10N2O5S.C2H4/c12-10-9(19(16,17)18)4-6-3-7(13-5-14)1-2-8(6)11(10)15;1-2/h1-5,15H,12H2,(H,13,14)(H,16,17,18);1-2H2. The Morgan fingerprint density at radius 3 is 2.38 bits per heavy atom. The van der Waals surface area contributed by atoms with E-state index in [0.717, 1.165) is 6.07 Å². The Morgan fingerprint density at radius 1 is 1.24 bits per heavy atom. The van der Waals surface area contributed by atoms with E-state index in [4.69, 9.17) is 10.3 Å². The maximum atomic E-state index is 11.2. The monoisotopic (exact) mass is 310 g/mol. The Morgan fingerprint density at radius 2 is 1.86 bits per heavy atom. The second-order valence-electron chi connectivity index (χ2n) is 3.81. The number of nitrogens with one attached hydrogen (secondary N) is 1. The van der Waals surface area contributed by atoms with Gasteiger partial charge in [-0.25, -0.2) is 0 Å². The number of fused-ring (bicyclic) bond motifs is 1. The molecule has 0 aliphatic rings. The SMILES string of the molecule is C=C.Nc1c(S(=O)(=O)O)cc2cc(NC=O)ccc2c1O. The second kappa shape index (κ2) is 6.25. The van der Waals surface area contributed by atoms with Crippen molar-refractivity contribution in [2.24, 2.45) is 0 Å². The minimum absolute atomic E-state index is 0.307. The van der Waals surface area contributed by atoms with Crippen LogP contribution in [-0.4, -0.2) is 24.5 Å². The van der Waals surface area contributed by atoms with Crippen molar-refractivity contribution in [3.63, 3.8) is 0 Å². The molecule has 2 aromatic rings. The van der Waals surface area contributed by atoms with Crippen molar-refractivity contribution in [3.05, 3.63) is 37.4 Å². The molecular weight excluding hydrogens is 296 g/mol. The van der Waals surface area contributed by atoms with Crippen LogP contribution in [0.3, 0.4) is 0 Å². The van der Waals surface area contributed by atoms with E-state index >= 15 is 0 Å². The van der Waals surface area contributed by atoms with Gasteiger partial charge in [0, 0.05) is 11.1 Å². The molecule has 0 heterocycles. The van der Waals surface area contributed by atoms with Gasteiger partial charge in [0.2, 0.25) is 6.41 Å². The van der Waals surface area contributed by atoms with Crippen molar-refractivity contribution in [2.75, 3.05) is 11.1 Å². The molecule has 8 heteroatoms. The molecule has 2 rings (SSSR count). The van der Waals surface area contributed by atoms with Gasteiger partial charge in [-0.15, -0.1) is 13.2 Å². The molecule has 7 nitrogen and oxygen atoms in total. The molecule has 112 valence electrons. The third-order valence-corrected chi connectivity index (χ3v) is 3.51. The van der Waals surface area contributed by atoms with E-state index in [1.165, 1.54) is 18.2 Å². The number of aromatic hydroxyl groups is 1. The fourth-order valence-corrected chi connectivity index (χ4v) is 2.40. The Labute approximate surface area is 121 Å². The van der Waals surface area contributed by atoms with Crippen molar-refractivity contribution in [1.82, 2.24) is 0 Å². The van der Waals surface area contributed by atoms with Crippen LogP contribution in [-0.2, 0) is 14.9 Å². The van der Waals surface area contributed by atoms with Crippen molar-refractivity contribution < 1.29 is 22.9 Å². The Kier molecular flexibility index (Phi) is 4.90. The van der Waals surface area contributed by atoms with Crippen LogP contribution in [0.1, 0.15) is 0 Å². The van der Waals surface area contributed by atoms with Crippen LogP contribution < -0.4 is 11.1 Å². The van der Waals surface area contributed by atoms with Crippen LogP contribution in [0.25, 0.3) is 10.8 Å². The Hall–Kier alpha value is -2.58. The van der Waals surface area contributed by atoms with Gasteiger partial charge in [-0.3, -0.25) is 9.35 Å². The normalized spacial score (nSPS) is 10.5. The second-order valence-corrected chi connectivity index (χ2v) is 5.20. The van der Waals surface area contributed by atoms with Gasteiger partial charge in [0.15, 0.2) is 0 Å². The Bertz CT molecular complexity index is 787. The van der Waals surface area contributed by atoms with E-state index in [-0.39, 0.29) is 0 Å². The first-order valence-electron chi connectivity index (χ1n) is 5.57. The minimum Gasteiger partial charge on any atom is -0.505 e. The van der Waals surface area contributed by atoms with Crippen molar-refractivity contribution in [1.29, 1.82) is 0 Å². The largest absolute Gasteiger partial charge is 0.505 e. The van der Waals surface area contributed by atoms with Gasteiger partial charge in [-0.2, -0.15) is 8.42 Å². The van der Waals surface area contributed by atoms with Gasteiger partial charge in [-0.05, 0) is 29.7 Å². The van der Waals surface area contributed by atoms with Gasteiger partial charge in [0.1, 0.15) is 10.6 Å². The van der Waals surface area contributed by atoms with Crippen molar-refractivity contribution in [3.8, 4) is 5.75 Å². The zero-order valence-corrected chi connectivity index (χ0v) is 11.7. The quantitative estimate of drug-likeness (QED) is 0.225. The number of phenols is 1. The fraction of sp³-hybridized carbons (Fsp3) is 0. The first-order valence-corrected chi connectivity index (χ1v) is 7.01. The molecule has 0 aliphatic heterocycles. The lowest BCUT2D eigenvalue weighted by atomic mass is 10.1. The van der Waals surface area contributed by atoms with E-state index in [1.54, 1.807) is 0 Å². The lowest BCUT2D eigenvalue weighted by Gasteiger charge is -2.10. The maximum Gasteiger partial charge on any atom is 0.296 e. The molecule has 0 fully saturated rings. The molecule has 0 unspecified atom stereocenters. The Balaban J connectivity index is 0.00000106. The van der Waals surface area contributed by atoms with Gasteiger partial charge in [0.25, 0.3) is 10.1 Å². The average molecular weight is 310 g/mol. The highest BCUT2D eigenvalue weighted by Gasteiger charge is 2.19. The predicted octanol–water partition coefficient (Wildman–Crippen LogP) is 1.74. The number of rotatable bonds is 3. The molecule has 5 N–H and O–H groups in total. The molecule has 0 bridgehead atoms. The topological polar surface area (TPSA) is 130 Å². The summed E-state index contributed by atoms with van der Waals surface area (Å²) < 4.78 is 31.3. The zero-order chi connectivity index (χ0) is 16.2. The highest BCUT2D eigenvalue weighted by Crippen LogP contribution is 2.37. The van der Waals surface area contributed by atoms with E-state index in [2.05, 4.69) is 18.5 Å². The summed E-state index contributed by atoms with van der Waals surface area (Å²) in [6.07, 6.45) is 0.460. The zero-order valence-electron chi connectivity index (χ0n) is 10.9. The molecule has 0 radical (unpaired) electrons. The minimum atomic E-state index is -4.55. The summed E-state index contributed by atoms with van der Waals surface area (Å²) in [7, 11) is -4.55. The smallest absolute Gasteiger partial charge is 0.296 e. The molecule has 0 aliphatic carbocycles. The molecule has 0 aromatic heterocycles. The molecular formula is C13H14N2O5S. The number of amides is 1. The average Bonchev–Trinajstić information content (AvgIpc) is 2.44. The van der Waals surface area contributed by atoms with Gasteiger partial charge in [0.05, 0.1) is 5.69 Å². The summed E-state index contributed by atoms with van der Waals surface area (Å²) in [5, 5.41) is 12.8. The van der Waals surface area contributed by atoms with Gasteiger partial charge < -0.3 is 16.2 Å². The molecule has 1 amide bonds. The summed E-state index contributed by atoms with van der Waals surface area (Å²) in [6, 6.07) is 5.55. The first-order chi connectivity index (χ1) is 9.84. The van der Waals surface area contributed by atoms with Crippen LogP contribution in [0, 0.1) is 0 Å². The number of hydrogen-bond acceptors (Lipinski definition) is 5. The molecule has 0 atom stereocenters. The highest BCUT2D eigenvalue weighted by atomic mass is 32.2. The molecule has 0 spiro atoms. The first kappa shape index (κ1) is 16.5. The highest BCUT2D eigenvalue weighted by molar-refractivity contribution is 7.86. The number of carbonyl (C=O) groups excluding carboxylic acids is 1. The van der Waals surface area contributed by atoms with Crippen LogP contribution in [0.2, 0.25) is 0 Å². The number of nitrogen functional groups attached to an aromatic ring is 1. The van der Waals surface area contributed by atoms with Crippen LogP contribution >= 0.6 is 0 Å². The van der Waals surface area contributed by atoms with Crippen LogP contribution in [0.5, 0.6) is 5.75 Å². The number of benzene rings is 2. The summed E-state index contributed by atoms with van der Waals surface area (Å²) in [4.78, 5) is 9.76. The number of carbonyl (C=O) groups is 1. The third-order valence-electron chi connectivity index (χ3n) is 2.62. The lowest BCUT2D eigenvalue weighted by molar-refractivity contribution is -0.105. The summed E-state index contributed by atoms with van der Waals surface area (Å²) >= 11 is 0. The molecule has 2 aromatic carbocycles. The molecule has 0 saturated carbocycles. The van der Waals surface area contributed by atoms with Crippen molar-refractivity contribution in [2.45, 2.75) is 4.90 Å². The lowest BCUT2D eigenvalue weighted by Crippen LogP contribution is -2.03. The molecule has 0 saturated heterocycles. The summed E-state index contributed by atoms with van der Waals surface area (Å²) in [6.45, 7) is 6.00. The van der Waals surface area contributed by atoms with Gasteiger partial charge in [-0.1, -0.05) is 0 Å². The summed E-state index contributed by atoms with van der Waals surface area (Å²) in [5.74, 6) is -0.442. The summed E-state index contributed by atoms with van der Waals surface area (Å²) in [5.41, 5.74) is 5.46. The number of nitrogens with two attached hydrogens (primary N) is 1. The number of anilines is 2. The van der Waals surface area contributed by atoms with E-state index in [0.29, 0.717) is 22.9 Å². The van der Waals surface area contributed by atoms with Crippen molar-refractivity contribution >= 4 is 38.7 Å². The molecule has 21 heavy (non-hydrogen) atoms. The van der Waals surface area contributed by atoms with E-state index in [1.807, 2.05) is 0 Å². The fourth-order valence-electron chi connectivity index (χ4n) is 1.75. The third kappa shape index (κ3) is 3.30. The van der Waals surface area contributed by atoms with Gasteiger partial charge >= 0.3 is 0 Å². The van der Waals surface area contributed by atoms with Crippen LogP contribution in [0.4, 0.5) is 11.4 Å². The predicted molar refractivity (Wildman–Crippen MR) is 80.8 cm³/mol. The van der Waals surface area contributed by atoms with Crippen LogP contribution in [0.15, 0.2) is 42.3 Å². The maximum absolute atomic E-state index is 11.2. The van der Waals surface area contributed by atoms with E-state index in [9.17, 15) is 18.3 Å². The van der Waals surface area contributed by atoms with E-state index < -0.39 is 26.5 Å².